The Kier molecular flexibility index (Phi) is 7.70. The summed E-state index contributed by atoms with van der Waals surface area (Å²) in [6, 6.07) is 1.67. The Hall–Kier alpha value is -1.25. The standard InChI is InChI=1S/C15H23N3O3.HI/c1-11-13(14(19)20-2)9-12(21-11)10-17-15(16)18-7-5-3-4-6-8-18;/h9H,3-8,10H2,1-2H3,(H2,16,17);1H. The number of aliphatic imine (C=N–C) groups is 1. The van der Waals surface area contributed by atoms with E-state index in [2.05, 4.69) is 9.89 Å². The molecule has 2 rings (SSSR count). The van der Waals surface area contributed by atoms with Gasteiger partial charge in [0.15, 0.2) is 5.96 Å². The number of guanidine groups is 1. The number of hydrogen-bond donors (Lipinski definition) is 1. The van der Waals surface area contributed by atoms with Gasteiger partial charge in [0.1, 0.15) is 23.6 Å². The van der Waals surface area contributed by atoms with Gasteiger partial charge in [0.25, 0.3) is 0 Å². The number of ether oxygens (including phenoxy) is 1. The molecule has 22 heavy (non-hydrogen) atoms. The van der Waals surface area contributed by atoms with E-state index in [9.17, 15) is 4.79 Å². The lowest BCUT2D eigenvalue weighted by Gasteiger charge is -2.20. The number of hydrogen-bond acceptors (Lipinski definition) is 4. The monoisotopic (exact) mass is 421 g/mol. The first-order valence-corrected chi connectivity index (χ1v) is 7.34. The fourth-order valence-corrected chi connectivity index (χ4v) is 2.49. The van der Waals surface area contributed by atoms with Crippen LogP contribution in [0.25, 0.3) is 0 Å². The van der Waals surface area contributed by atoms with Crippen LogP contribution in [0.1, 0.15) is 47.6 Å². The fraction of sp³-hybridized carbons (Fsp3) is 0.600. The lowest BCUT2D eigenvalue weighted by Crippen LogP contribution is -2.38. The van der Waals surface area contributed by atoms with Gasteiger partial charge < -0.3 is 19.8 Å². The van der Waals surface area contributed by atoms with E-state index < -0.39 is 5.97 Å². The molecule has 1 fully saturated rings. The van der Waals surface area contributed by atoms with Gasteiger partial charge >= 0.3 is 5.97 Å². The highest BCUT2D eigenvalue weighted by atomic mass is 127. The van der Waals surface area contributed by atoms with E-state index in [0.717, 1.165) is 25.9 Å². The minimum atomic E-state index is -0.396. The predicted octanol–water partition coefficient (Wildman–Crippen LogP) is 2.68. The zero-order valence-corrected chi connectivity index (χ0v) is 15.5. The Morgan fingerprint density at radius 2 is 2.00 bits per heavy atom. The van der Waals surface area contributed by atoms with Crippen LogP contribution in [0.3, 0.4) is 0 Å². The Labute approximate surface area is 148 Å². The number of esters is 1. The van der Waals surface area contributed by atoms with Gasteiger partial charge in [0, 0.05) is 13.1 Å². The molecule has 1 saturated heterocycles. The number of methoxy groups -OCH3 is 1. The normalized spacial score (nSPS) is 15.9. The Balaban J connectivity index is 0.00000242. The van der Waals surface area contributed by atoms with E-state index >= 15 is 0 Å². The molecule has 0 saturated carbocycles. The lowest BCUT2D eigenvalue weighted by molar-refractivity contribution is 0.0599. The van der Waals surface area contributed by atoms with Crippen molar-refractivity contribution in [1.29, 1.82) is 0 Å². The first-order valence-electron chi connectivity index (χ1n) is 7.34. The average molecular weight is 421 g/mol. The van der Waals surface area contributed by atoms with Crippen molar-refractivity contribution in [3.05, 3.63) is 23.2 Å². The smallest absolute Gasteiger partial charge is 0.341 e. The number of nitrogens with two attached hydrogens (primary N) is 1. The summed E-state index contributed by atoms with van der Waals surface area (Å²) in [5, 5.41) is 0. The number of carbonyl (C=O) groups excluding carboxylic acids is 1. The molecule has 0 aromatic carbocycles. The van der Waals surface area contributed by atoms with Crippen molar-refractivity contribution in [3.8, 4) is 0 Å². The van der Waals surface area contributed by atoms with Crippen molar-refractivity contribution in [2.24, 2.45) is 10.7 Å². The van der Waals surface area contributed by atoms with Gasteiger partial charge in [0.2, 0.25) is 0 Å². The van der Waals surface area contributed by atoms with Crippen LogP contribution in [0.2, 0.25) is 0 Å². The molecule has 0 bridgehead atoms. The van der Waals surface area contributed by atoms with Crippen LogP contribution in [0.4, 0.5) is 0 Å². The van der Waals surface area contributed by atoms with E-state index in [1.807, 2.05) is 0 Å². The summed E-state index contributed by atoms with van der Waals surface area (Å²) < 4.78 is 10.2. The topological polar surface area (TPSA) is 81.1 Å². The van der Waals surface area contributed by atoms with E-state index in [4.69, 9.17) is 14.9 Å². The average Bonchev–Trinajstić information content (AvgIpc) is 2.69. The summed E-state index contributed by atoms with van der Waals surface area (Å²) in [5.41, 5.74) is 6.48. The van der Waals surface area contributed by atoms with Crippen molar-refractivity contribution in [1.82, 2.24) is 4.90 Å². The minimum absolute atomic E-state index is 0. The molecule has 0 spiro atoms. The fourth-order valence-electron chi connectivity index (χ4n) is 2.49. The highest BCUT2D eigenvalue weighted by Crippen LogP contribution is 2.16. The largest absolute Gasteiger partial charge is 0.465 e. The molecule has 0 amide bonds. The summed E-state index contributed by atoms with van der Waals surface area (Å²) in [5.74, 6) is 1.31. The van der Waals surface area contributed by atoms with E-state index in [-0.39, 0.29) is 24.0 Å². The third-order valence-electron chi connectivity index (χ3n) is 3.70. The van der Waals surface area contributed by atoms with Crippen LogP contribution in [-0.2, 0) is 11.3 Å². The Morgan fingerprint density at radius 1 is 1.36 bits per heavy atom. The van der Waals surface area contributed by atoms with Crippen LogP contribution >= 0.6 is 24.0 Å². The maximum Gasteiger partial charge on any atom is 0.341 e. The highest BCUT2D eigenvalue weighted by Gasteiger charge is 2.16. The number of aryl methyl sites for hydroxylation is 1. The van der Waals surface area contributed by atoms with Gasteiger partial charge in [0.05, 0.1) is 7.11 Å². The zero-order valence-electron chi connectivity index (χ0n) is 13.1. The van der Waals surface area contributed by atoms with Crippen LogP contribution in [0.5, 0.6) is 0 Å². The predicted molar refractivity (Wildman–Crippen MR) is 95.6 cm³/mol. The molecule has 0 unspecified atom stereocenters. The van der Waals surface area contributed by atoms with E-state index in [1.165, 1.54) is 20.0 Å². The van der Waals surface area contributed by atoms with Gasteiger partial charge in [-0.05, 0) is 25.8 Å². The summed E-state index contributed by atoms with van der Waals surface area (Å²) in [7, 11) is 1.35. The van der Waals surface area contributed by atoms with Gasteiger partial charge in [-0.15, -0.1) is 24.0 Å². The van der Waals surface area contributed by atoms with Gasteiger partial charge in [-0.1, -0.05) is 12.8 Å². The van der Waals surface area contributed by atoms with Crippen LogP contribution in [-0.4, -0.2) is 37.0 Å². The zero-order chi connectivity index (χ0) is 15.2. The summed E-state index contributed by atoms with van der Waals surface area (Å²) in [4.78, 5) is 18.0. The maximum absolute atomic E-state index is 11.5. The van der Waals surface area contributed by atoms with E-state index in [1.54, 1.807) is 13.0 Å². The van der Waals surface area contributed by atoms with Gasteiger partial charge in [-0.2, -0.15) is 0 Å². The third-order valence-corrected chi connectivity index (χ3v) is 3.70. The van der Waals surface area contributed by atoms with E-state index in [0.29, 0.717) is 29.6 Å². The highest BCUT2D eigenvalue weighted by molar-refractivity contribution is 14.0. The molecule has 2 N–H and O–H groups in total. The number of rotatable bonds is 3. The second-order valence-electron chi connectivity index (χ2n) is 5.25. The van der Waals surface area contributed by atoms with Crippen LogP contribution < -0.4 is 5.73 Å². The Bertz CT molecular complexity index is 520. The summed E-state index contributed by atoms with van der Waals surface area (Å²) >= 11 is 0. The van der Waals surface area contributed by atoms with Crippen molar-refractivity contribution in [3.63, 3.8) is 0 Å². The summed E-state index contributed by atoms with van der Waals surface area (Å²) in [6.45, 7) is 3.98. The van der Waals surface area contributed by atoms with Gasteiger partial charge in [-0.25, -0.2) is 9.79 Å². The second-order valence-corrected chi connectivity index (χ2v) is 5.25. The summed E-state index contributed by atoms with van der Waals surface area (Å²) in [6.07, 6.45) is 4.82. The molecule has 1 aromatic heterocycles. The molecule has 1 aromatic rings. The molecule has 1 aliphatic heterocycles. The first kappa shape index (κ1) is 18.8. The van der Waals surface area contributed by atoms with Crippen molar-refractivity contribution in [2.75, 3.05) is 20.2 Å². The molecular formula is C15H24IN3O3. The molecule has 0 aliphatic carbocycles. The number of carbonyl (C=O) groups is 1. The lowest BCUT2D eigenvalue weighted by atomic mass is 10.2. The number of halogens is 1. The number of furan rings is 1. The molecule has 7 heteroatoms. The maximum atomic E-state index is 11.5. The quantitative estimate of drug-likeness (QED) is 0.351. The molecule has 0 atom stereocenters. The SMILES string of the molecule is COC(=O)c1cc(CN=C(N)N2CCCCCC2)oc1C.I. The third kappa shape index (κ3) is 4.89. The molecule has 0 radical (unpaired) electrons. The second kappa shape index (κ2) is 9.02. The first-order chi connectivity index (χ1) is 10.1. The molecule has 2 heterocycles. The molecule has 124 valence electrons. The van der Waals surface area contributed by atoms with Crippen LogP contribution in [0.15, 0.2) is 15.5 Å². The van der Waals surface area contributed by atoms with Crippen molar-refractivity contribution >= 4 is 35.9 Å². The van der Waals surface area contributed by atoms with Crippen molar-refractivity contribution < 1.29 is 13.9 Å². The number of nitrogens with zero attached hydrogens (tertiary/aromatic N) is 2. The van der Waals surface area contributed by atoms with Crippen molar-refractivity contribution in [2.45, 2.75) is 39.2 Å². The Morgan fingerprint density at radius 3 is 2.59 bits per heavy atom. The minimum Gasteiger partial charge on any atom is -0.465 e. The molecule has 1 aliphatic rings. The van der Waals surface area contributed by atoms with Gasteiger partial charge in [-0.3, -0.25) is 0 Å². The molecule has 6 nitrogen and oxygen atoms in total. The molecular weight excluding hydrogens is 397 g/mol. The van der Waals surface area contributed by atoms with Crippen LogP contribution in [0, 0.1) is 6.92 Å². The number of likely N-dealkylation sites (tertiary alicyclic amines) is 1.